The zero-order valence-corrected chi connectivity index (χ0v) is 15.6. The van der Waals surface area contributed by atoms with Crippen LogP contribution in [0.1, 0.15) is 32.5 Å². The van der Waals surface area contributed by atoms with Gasteiger partial charge in [-0.1, -0.05) is 26.0 Å². The molecule has 1 fully saturated rings. The molecule has 1 saturated heterocycles. The fourth-order valence-electron chi connectivity index (χ4n) is 3.90. The maximum atomic E-state index is 12.1. The van der Waals surface area contributed by atoms with E-state index in [2.05, 4.69) is 34.0 Å². The Bertz CT molecular complexity index is 807. The Labute approximate surface area is 154 Å². The molecule has 2 heterocycles. The topological polar surface area (TPSA) is 78.1 Å². The Morgan fingerprint density at radius 2 is 2.00 bits per heavy atom. The molecule has 0 aliphatic carbocycles. The number of hydrogen-bond acceptors (Lipinski definition) is 4. The number of aromatic amines is 1. The van der Waals surface area contributed by atoms with Gasteiger partial charge in [0.25, 0.3) is 5.56 Å². The van der Waals surface area contributed by atoms with E-state index in [0.29, 0.717) is 36.1 Å². The van der Waals surface area contributed by atoms with E-state index in [1.165, 1.54) is 6.42 Å². The number of likely N-dealkylation sites (tertiary alicyclic amines) is 1. The van der Waals surface area contributed by atoms with Crippen LogP contribution in [-0.4, -0.2) is 47.0 Å². The summed E-state index contributed by atoms with van der Waals surface area (Å²) < 4.78 is 0. The lowest BCUT2D eigenvalue weighted by Gasteiger charge is -2.34. The molecular formula is C20H28N4O2. The minimum Gasteiger partial charge on any atom is -0.355 e. The van der Waals surface area contributed by atoms with Crippen molar-refractivity contribution in [3.63, 3.8) is 0 Å². The predicted molar refractivity (Wildman–Crippen MR) is 103 cm³/mol. The Hall–Kier alpha value is -2.21. The van der Waals surface area contributed by atoms with E-state index in [0.717, 1.165) is 31.5 Å². The number of amides is 1. The lowest BCUT2D eigenvalue weighted by molar-refractivity contribution is -0.121. The summed E-state index contributed by atoms with van der Waals surface area (Å²) in [5.74, 6) is 2.01. The normalized spacial score (nSPS) is 21.0. The number of piperidine rings is 1. The molecule has 1 aliphatic rings. The smallest absolute Gasteiger partial charge is 0.258 e. The standard InChI is InChI=1S/C20H28N4O2/c1-14-11-15(2)13-24(12-14)10-9-21-19(25)8-7-18-22-17-6-4-3-5-16(17)20(26)23-18/h3-6,14-15H,7-13H2,1-2H3,(H,21,25)(H,22,23,26). The molecule has 1 aromatic carbocycles. The zero-order valence-electron chi connectivity index (χ0n) is 15.6. The summed E-state index contributed by atoms with van der Waals surface area (Å²) in [6, 6.07) is 7.23. The van der Waals surface area contributed by atoms with Crippen molar-refractivity contribution in [1.82, 2.24) is 20.2 Å². The van der Waals surface area contributed by atoms with Gasteiger partial charge in [0.1, 0.15) is 5.82 Å². The van der Waals surface area contributed by atoms with Gasteiger partial charge in [-0.25, -0.2) is 4.98 Å². The number of nitrogens with zero attached hydrogens (tertiary/aromatic N) is 2. The van der Waals surface area contributed by atoms with E-state index in [9.17, 15) is 9.59 Å². The Morgan fingerprint density at radius 3 is 2.77 bits per heavy atom. The number of nitrogens with one attached hydrogen (secondary N) is 2. The minimum absolute atomic E-state index is 0.00101. The first-order chi connectivity index (χ1) is 12.5. The predicted octanol–water partition coefficient (Wildman–Crippen LogP) is 1.95. The van der Waals surface area contributed by atoms with Gasteiger partial charge >= 0.3 is 0 Å². The van der Waals surface area contributed by atoms with Crippen LogP contribution in [0.4, 0.5) is 0 Å². The Morgan fingerprint density at radius 1 is 1.27 bits per heavy atom. The maximum Gasteiger partial charge on any atom is 0.258 e. The highest BCUT2D eigenvalue weighted by Gasteiger charge is 2.21. The van der Waals surface area contributed by atoms with Gasteiger partial charge in [-0.05, 0) is 30.4 Å². The van der Waals surface area contributed by atoms with Crippen LogP contribution >= 0.6 is 0 Å². The molecule has 2 N–H and O–H groups in total. The molecule has 140 valence electrons. The number of fused-ring (bicyclic) bond motifs is 1. The molecule has 6 nitrogen and oxygen atoms in total. The summed E-state index contributed by atoms with van der Waals surface area (Å²) in [7, 11) is 0. The van der Waals surface area contributed by atoms with Crippen molar-refractivity contribution >= 4 is 16.8 Å². The van der Waals surface area contributed by atoms with E-state index in [-0.39, 0.29) is 11.5 Å². The first-order valence-electron chi connectivity index (χ1n) is 9.48. The highest BCUT2D eigenvalue weighted by molar-refractivity contribution is 5.78. The Balaban J connectivity index is 1.45. The number of aromatic nitrogens is 2. The summed E-state index contributed by atoms with van der Waals surface area (Å²) in [4.78, 5) is 33.8. The summed E-state index contributed by atoms with van der Waals surface area (Å²) >= 11 is 0. The van der Waals surface area contributed by atoms with Crippen LogP contribution in [0.5, 0.6) is 0 Å². The van der Waals surface area contributed by atoms with Gasteiger partial charge in [0.15, 0.2) is 0 Å². The molecule has 2 unspecified atom stereocenters. The highest BCUT2D eigenvalue weighted by atomic mass is 16.1. The molecule has 1 aromatic heterocycles. The molecule has 1 amide bonds. The molecule has 0 saturated carbocycles. The van der Waals surface area contributed by atoms with Crippen molar-refractivity contribution in [1.29, 1.82) is 0 Å². The summed E-state index contributed by atoms with van der Waals surface area (Å²) in [5, 5.41) is 3.56. The number of benzene rings is 1. The van der Waals surface area contributed by atoms with Crippen molar-refractivity contribution in [3.05, 3.63) is 40.4 Å². The third-order valence-corrected chi connectivity index (χ3v) is 4.95. The number of para-hydroxylation sites is 1. The maximum absolute atomic E-state index is 12.1. The number of rotatable bonds is 6. The third-order valence-electron chi connectivity index (χ3n) is 4.95. The SMILES string of the molecule is CC1CC(C)CN(CCNC(=O)CCc2nc3ccccc3c(=O)[nH]2)C1. The third kappa shape index (κ3) is 4.91. The number of hydrogen-bond donors (Lipinski definition) is 2. The van der Waals surface area contributed by atoms with Crippen molar-refractivity contribution in [2.45, 2.75) is 33.1 Å². The van der Waals surface area contributed by atoms with Crippen LogP contribution in [-0.2, 0) is 11.2 Å². The Kier molecular flexibility index (Phi) is 6.04. The van der Waals surface area contributed by atoms with Crippen LogP contribution in [0, 0.1) is 11.8 Å². The van der Waals surface area contributed by atoms with Gasteiger partial charge < -0.3 is 15.2 Å². The van der Waals surface area contributed by atoms with Crippen molar-refractivity contribution in [2.75, 3.05) is 26.2 Å². The number of aryl methyl sites for hydroxylation is 1. The second-order valence-corrected chi connectivity index (χ2v) is 7.59. The number of H-pyrrole nitrogens is 1. The van der Waals surface area contributed by atoms with Gasteiger partial charge in [0.2, 0.25) is 5.91 Å². The van der Waals surface area contributed by atoms with Gasteiger partial charge in [0, 0.05) is 39.0 Å². The van der Waals surface area contributed by atoms with Crippen LogP contribution < -0.4 is 10.9 Å². The molecule has 6 heteroatoms. The fraction of sp³-hybridized carbons (Fsp3) is 0.550. The molecule has 3 rings (SSSR count). The van der Waals surface area contributed by atoms with Crippen LogP contribution in [0.3, 0.4) is 0 Å². The fourth-order valence-corrected chi connectivity index (χ4v) is 3.90. The average Bonchev–Trinajstić information content (AvgIpc) is 2.59. The van der Waals surface area contributed by atoms with Crippen molar-refractivity contribution in [2.24, 2.45) is 11.8 Å². The lowest BCUT2D eigenvalue weighted by Crippen LogP contribution is -2.42. The van der Waals surface area contributed by atoms with E-state index < -0.39 is 0 Å². The first kappa shape index (κ1) is 18.6. The summed E-state index contributed by atoms with van der Waals surface area (Å²) in [6.45, 7) is 8.37. The van der Waals surface area contributed by atoms with Gasteiger partial charge in [-0.15, -0.1) is 0 Å². The first-order valence-corrected chi connectivity index (χ1v) is 9.48. The lowest BCUT2D eigenvalue weighted by atomic mass is 9.92. The zero-order chi connectivity index (χ0) is 18.5. The second-order valence-electron chi connectivity index (χ2n) is 7.59. The van der Waals surface area contributed by atoms with Gasteiger partial charge in [-0.2, -0.15) is 0 Å². The van der Waals surface area contributed by atoms with Crippen LogP contribution in [0.2, 0.25) is 0 Å². The van der Waals surface area contributed by atoms with Crippen molar-refractivity contribution < 1.29 is 4.79 Å². The quantitative estimate of drug-likeness (QED) is 0.829. The van der Waals surface area contributed by atoms with E-state index in [1.54, 1.807) is 6.07 Å². The number of carbonyl (C=O) groups excluding carboxylic acids is 1. The summed E-state index contributed by atoms with van der Waals surface area (Å²) in [6.07, 6.45) is 2.05. The van der Waals surface area contributed by atoms with E-state index in [4.69, 9.17) is 0 Å². The van der Waals surface area contributed by atoms with Crippen LogP contribution in [0.25, 0.3) is 10.9 Å². The van der Waals surface area contributed by atoms with Gasteiger partial charge in [0.05, 0.1) is 10.9 Å². The van der Waals surface area contributed by atoms with E-state index >= 15 is 0 Å². The number of carbonyl (C=O) groups is 1. The molecule has 0 radical (unpaired) electrons. The van der Waals surface area contributed by atoms with Crippen molar-refractivity contribution in [3.8, 4) is 0 Å². The molecule has 0 spiro atoms. The summed E-state index contributed by atoms with van der Waals surface area (Å²) in [5.41, 5.74) is 0.513. The minimum atomic E-state index is -0.153. The molecule has 26 heavy (non-hydrogen) atoms. The van der Waals surface area contributed by atoms with Crippen LogP contribution in [0.15, 0.2) is 29.1 Å². The molecule has 2 atom stereocenters. The second kappa shape index (κ2) is 8.45. The highest BCUT2D eigenvalue weighted by Crippen LogP contribution is 2.20. The molecule has 1 aliphatic heterocycles. The van der Waals surface area contributed by atoms with E-state index in [1.807, 2.05) is 18.2 Å². The molecule has 0 bridgehead atoms. The monoisotopic (exact) mass is 356 g/mol. The van der Waals surface area contributed by atoms with Gasteiger partial charge in [-0.3, -0.25) is 9.59 Å². The molecular weight excluding hydrogens is 328 g/mol. The average molecular weight is 356 g/mol. The largest absolute Gasteiger partial charge is 0.355 e. The molecule has 2 aromatic rings.